The Morgan fingerprint density at radius 1 is 1.53 bits per heavy atom. The number of H-pyrrole nitrogens is 1. The smallest absolute Gasteiger partial charge is 0.255 e. The fourth-order valence-electron chi connectivity index (χ4n) is 1.64. The number of amides is 1. The highest BCUT2D eigenvalue weighted by Gasteiger charge is 2.11. The molecule has 0 atom stereocenters. The normalized spacial score (nSPS) is 10.2. The molecule has 1 heterocycles. The van der Waals surface area contributed by atoms with Crippen molar-refractivity contribution in [2.75, 3.05) is 19.4 Å². The maximum Gasteiger partial charge on any atom is 0.255 e. The lowest BCUT2D eigenvalue weighted by molar-refractivity contribution is 0.0951. The average molecular weight is 261 g/mol. The minimum absolute atomic E-state index is 0.212. The first-order valence-corrected chi connectivity index (χ1v) is 5.76. The summed E-state index contributed by atoms with van der Waals surface area (Å²) < 4.78 is 5.13. The third-order valence-corrected chi connectivity index (χ3v) is 2.58. The summed E-state index contributed by atoms with van der Waals surface area (Å²) in [5.41, 5.74) is 6.64. The van der Waals surface area contributed by atoms with Crippen molar-refractivity contribution in [1.29, 1.82) is 0 Å². The van der Waals surface area contributed by atoms with E-state index in [9.17, 15) is 4.79 Å². The Morgan fingerprint density at radius 2 is 2.37 bits per heavy atom. The number of carbonyl (C=O) groups is 1. The van der Waals surface area contributed by atoms with E-state index in [0.29, 0.717) is 30.0 Å². The fourth-order valence-corrected chi connectivity index (χ4v) is 1.64. The van der Waals surface area contributed by atoms with E-state index < -0.39 is 0 Å². The summed E-state index contributed by atoms with van der Waals surface area (Å²) in [4.78, 5) is 16.0. The van der Waals surface area contributed by atoms with Crippen LogP contribution in [0.25, 0.3) is 0 Å². The van der Waals surface area contributed by atoms with E-state index in [-0.39, 0.29) is 5.91 Å². The molecule has 7 heteroatoms. The van der Waals surface area contributed by atoms with Gasteiger partial charge >= 0.3 is 0 Å². The van der Waals surface area contributed by atoms with Crippen molar-refractivity contribution in [3.63, 3.8) is 0 Å². The molecule has 4 N–H and O–H groups in total. The number of nitrogens with two attached hydrogens (primary N) is 1. The molecule has 2 aromatic rings. The maximum atomic E-state index is 12.0. The highest BCUT2D eigenvalue weighted by atomic mass is 16.5. The van der Waals surface area contributed by atoms with Gasteiger partial charge in [-0.2, -0.15) is 5.10 Å². The van der Waals surface area contributed by atoms with Gasteiger partial charge in [-0.1, -0.05) is 0 Å². The van der Waals surface area contributed by atoms with Gasteiger partial charge in [0.25, 0.3) is 5.91 Å². The Kier molecular flexibility index (Phi) is 3.97. The zero-order chi connectivity index (χ0) is 13.7. The lowest BCUT2D eigenvalue weighted by Gasteiger charge is -2.09. The Hall–Kier alpha value is -2.57. The molecule has 1 aromatic heterocycles. The van der Waals surface area contributed by atoms with E-state index in [0.717, 1.165) is 5.82 Å². The molecule has 0 bridgehead atoms. The molecule has 0 fully saturated rings. The van der Waals surface area contributed by atoms with Crippen LogP contribution in [0.5, 0.6) is 5.75 Å². The molecule has 100 valence electrons. The molecule has 1 aromatic carbocycles. The zero-order valence-electron chi connectivity index (χ0n) is 10.5. The molecule has 0 saturated heterocycles. The monoisotopic (exact) mass is 261 g/mol. The van der Waals surface area contributed by atoms with Crippen molar-refractivity contribution >= 4 is 11.6 Å². The van der Waals surface area contributed by atoms with E-state index in [2.05, 4.69) is 20.5 Å². The first-order valence-electron chi connectivity index (χ1n) is 5.76. The van der Waals surface area contributed by atoms with Gasteiger partial charge < -0.3 is 15.8 Å². The largest absolute Gasteiger partial charge is 0.496 e. The zero-order valence-corrected chi connectivity index (χ0v) is 10.5. The second kappa shape index (κ2) is 5.85. The summed E-state index contributed by atoms with van der Waals surface area (Å²) in [7, 11) is 1.50. The van der Waals surface area contributed by atoms with Crippen molar-refractivity contribution in [2.45, 2.75) is 6.42 Å². The lowest BCUT2D eigenvalue weighted by atomic mass is 10.1. The van der Waals surface area contributed by atoms with Gasteiger partial charge in [0.1, 0.15) is 17.9 Å². The number of aromatic nitrogens is 3. The summed E-state index contributed by atoms with van der Waals surface area (Å²) in [5, 5.41) is 9.24. The van der Waals surface area contributed by atoms with E-state index in [4.69, 9.17) is 10.5 Å². The molecule has 0 saturated carbocycles. The Bertz CT molecular complexity index is 553. The summed E-state index contributed by atoms with van der Waals surface area (Å²) in [6.07, 6.45) is 2.02. The minimum atomic E-state index is -0.212. The number of hydrogen-bond acceptors (Lipinski definition) is 5. The number of ether oxygens (including phenoxy) is 1. The molecule has 19 heavy (non-hydrogen) atoms. The number of benzene rings is 1. The van der Waals surface area contributed by atoms with Crippen LogP contribution in [-0.2, 0) is 6.42 Å². The SMILES string of the molecule is COc1cc(N)ccc1C(=O)NCCc1ncn[nH]1. The Balaban J connectivity index is 1.96. The number of nitrogens with one attached hydrogen (secondary N) is 2. The van der Waals surface area contributed by atoms with Crippen LogP contribution < -0.4 is 15.8 Å². The van der Waals surface area contributed by atoms with Crippen LogP contribution in [-0.4, -0.2) is 34.7 Å². The lowest BCUT2D eigenvalue weighted by Crippen LogP contribution is -2.26. The van der Waals surface area contributed by atoms with Gasteiger partial charge in [-0.05, 0) is 12.1 Å². The molecule has 7 nitrogen and oxygen atoms in total. The number of carbonyl (C=O) groups excluding carboxylic acids is 1. The van der Waals surface area contributed by atoms with Gasteiger partial charge in [-0.15, -0.1) is 0 Å². The second-order valence-corrected chi connectivity index (χ2v) is 3.90. The molecule has 2 rings (SSSR count). The summed E-state index contributed by atoms with van der Waals surface area (Å²) in [6, 6.07) is 4.91. The number of nitrogen functional groups attached to an aromatic ring is 1. The molecule has 1 amide bonds. The summed E-state index contributed by atoms with van der Waals surface area (Å²) in [6.45, 7) is 0.460. The van der Waals surface area contributed by atoms with Gasteiger partial charge in [0.2, 0.25) is 0 Å². The van der Waals surface area contributed by atoms with Gasteiger partial charge in [0, 0.05) is 24.7 Å². The van der Waals surface area contributed by atoms with Gasteiger partial charge in [0.15, 0.2) is 0 Å². The highest BCUT2D eigenvalue weighted by Crippen LogP contribution is 2.21. The quantitative estimate of drug-likeness (QED) is 0.674. The number of anilines is 1. The van der Waals surface area contributed by atoms with Crippen LogP contribution in [0.15, 0.2) is 24.5 Å². The molecule has 0 spiro atoms. The van der Waals surface area contributed by atoms with Crippen molar-refractivity contribution in [2.24, 2.45) is 0 Å². The Morgan fingerprint density at radius 3 is 3.05 bits per heavy atom. The maximum absolute atomic E-state index is 12.0. The van der Waals surface area contributed by atoms with Crippen LogP contribution in [0, 0.1) is 0 Å². The number of hydrogen-bond donors (Lipinski definition) is 3. The van der Waals surface area contributed by atoms with Gasteiger partial charge in [0.05, 0.1) is 12.7 Å². The van der Waals surface area contributed by atoms with Gasteiger partial charge in [-0.3, -0.25) is 9.89 Å². The molecule has 0 radical (unpaired) electrons. The Labute approximate surface area is 110 Å². The predicted octanol–water partition coefficient (Wildman–Crippen LogP) is 0.368. The van der Waals surface area contributed by atoms with E-state index >= 15 is 0 Å². The molecule has 0 unspecified atom stereocenters. The molecular weight excluding hydrogens is 246 g/mol. The molecule has 0 aliphatic rings. The fraction of sp³-hybridized carbons (Fsp3) is 0.250. The predicted molar refractivity (Wildman–Crippen MR) is 69.8 cm³/mol. The summed E-state index contributed by atoms with van der Waals surface area (Å²) in [5.74, 6) is 0.970. The van der Waals surface area contributed by atoms with Crippen molar-refractivity contribution in [3.8, 4) is 5.75 Å². The third kappa shape index (κ3) is 3.21. The first-order chi connectivity index (χ1) is 9.20. The standard InChI is InChI=1S/C12H15N5O2/c1-19-10-6-8(13)2-3-9(10)12(18)14-5-4-11-15-7-16-17-11/h2-3,6-7H,4-5,13H2,1H3,(H,14,18)(H,15,16,17). The second-order valence-electron chi connectivity index (χ2n) is 3.90. The number of methoxy groups -OCH3 is 1. The summed E-state index contributed by atoms with van der Waals surface area (Å²) >= 11 is 0. The van der Waals surface area contributed by atoms with Crippen LogP contribution in [0.2, 0.25) is 0 Å². The van der Waals surface area contributed by atoms with E-state index in [1.807, 2.05) is 0 Å². The highest BCUT2D eigenvalue weighted by molar-refractivity contribution is 5.97. The number of nitrogens with zero attached hydrogens (tertiary/aromatic N) is 2. The number of rotatable bonds is 5. The molecule has 0 aliphatic heterocycles. The van der Waals surface area contributed by atoms with Crippen LogP contribution in [0.1, 0.15) is 16.2 Å². The minimum Gasteiger partial charge on any atom is -0.496 e. The van der Waals surface area contributed by atoms with E-state index in [1.54, 1.807) is 18.2 Å². The topological polar surface area (TPSA) is 106 Å². The molecular formula is C12H15N5O2. The third-order valence-electron chi connectivity index (χ3n) is 2.58. The molecule has 0 aliphatic carbocycles. The van der Waals surface area contributed by atoms with Crippen molar-refractivity contribution < 1.29 is 9.53 Å². The van der Waals surface area contributed by atoms with Crippen LogP contribution in [0.3, 0.4) is 0 Å². The van der Waals surface area contributed by atoms with Crippen molar-refractivity contribution in [1.82, 2.24) is 20.5 Å². The van der Waals surface area contributed by atoms with E-state index in [1.165, 1.54) is 13.4 Å². The van der Waals surface area contributed by atoms with Gasteiger partial charge in [-0.25, -0.2) is 4.98 Å². The number of aromatic amines is 1. The average Bonchev–Trinajstić information content (AvgIpc) is 2.91. The van der Waals surface area contributed by atoms with Crippen LogP contribution in [0.4, 0.5) is 5.69 Å². The first kappa shape index (κ1) is 12.9. The van der Waals surface area contributed by atoms with Crippen LogP contribution >= 0.6 is 0 Å². The van der Waals surface area contributed by atoms with Crippen molar-refractivity contribution in [3.05, 3.63) is 35.9 Å².